The topological polar surface area (TPSA) is 50.4 Å². The maximum atomic E-state index is 10.6. The van der Waals surface area contributed by atoms with Crippen LogP contribution in [0.25, 0.3) is 0 Å². The molecule has 0 amide bonds. The van der Waals surface area contributed by atoms with Gasteiger partial charge in [-0.3, -0.25) is 0 Å². The highest BCUT2D eigenvalue weighted by Gasteiger charge is 2.08. The Balaban J connectivity index is 1.97. The summed E-state index contributed by atoms with van der Waals surface area (Å²) in [4.78, 5) is 11.7. The van der Waals surface area contributed by atoms with E-state index in [1.54, 1.807) is 11.8 Å². The number of carbonyl (C=O) groups is 1. The van der Waals surface area contributed by atoms with Gasteiger partial charge in [-0.1, -0.05) is 11.6 Å². The fourth-order valence-corrected chi connectivity index (χ4v) is 2.17. The van der Waals surface area contributed by atoms with Gasteiger partial charge in [0.05, 0.1) is 11.3 Å². The number of carboxylic acid groups (broad SMARTS) is 1. The summed E-state index contributed by atoms with van der Waals surface area (Å²) >= 11 is 7.34. The first-order valence-corrected chi connectivity index (χ1v) is 6.20. The third-order valence-corrected chi connectivity index (χ3v) is 3.38. The minimum atomic E-state index is -0.975. The van der Waals surface area contributed by atoms with Crippen LogP contribution in [-0.2, 0) is 5.75 Å². The lowest BCUT2D eigenvalue weighted by Crippen LogP contribution is -1.91. The summed E-state index contributed by atoms with van der Waals surface area (Å²) in [5.74, 6) is 0.258. The van der Waals surface area contributed by atoms with Crippen LogP contribution in [-0.4, -0.2) is 11.1 Å². The van der Waals surface area contributed by atoms with Crippen molar-refractivity contribution >= 4 is 29.3 Å². The number of thioether (sulfide) groups is 1. The first-order chi connectivity index (χ1) is 8.15. The van der Waals surface area contributed by atoms with Crippen molar-refractivity contribution in [2.75, 3.05) is 0 Å². The molecule has 0 aliphatic carbocycles. The van der Waals surface area contributed by atoms with Gasteiger partial charge in [0.2, 0.25) is 0 Å². The molecule has 17 heavy (non-hydrogen) atoms. The molecule has 2 rings (SSSR count). The smallest absolute Gasteiger partial charge is 0.338 e. The molecule has 0 saturated heterocycles. The van der Waals surface area contributed by atoms with E-state index in [2.05, 4.69) is 0 Å². The molecule has 0 bridgehead atoms. The summed E-state index contributed by atoms with van der Waals surface area (Å²) in [6.45, 7) is 0. The standard InChI is InChI=1S/C12H9ClO3S/c13-9-1-3-11(4-2-9)17-7-10-5-8(6-16-10)12(14)15/h1-6H,7H2,(H,14,15). The van der Waals surface area contributed by atoms with E-state index in [-0.39, 0.29) is 5.56 Å². The SMILES string of the molecule is O=C(O)c1coc(CSc2ccc(Cl)cc2)c1. The highest BCUT2D eigenvalue weighted by Crippen LogP contribution is 2.25. The number of aromatic carboxylic acids is 1. The zero-order valence-corrected chi connectivity index (χ0v) is 10.3. The molecule has 1 aromatic carbocycles. The molecule has 1 heterocycles. The lowest BCUT2D eigenvalue weighted by Gasteiger charge is -1.98. The third-order valence-electron chi connectivity index (χ3n) is 2.10. The van der Waals surface area contributed by atoms with E-state index in [1.165, 1.54) is 12.3 Å². The molecule has 0 aliphatic heterocycles. The Morgan fingerprint density at radius 1 is 1.35 bits per heavy atom. The van der Waals surface area contributed by atoms with Crippen LogP contribution in [0.3, 0.4) is 0 Å². The first kappa shape index (κ1) is 12.1. The molecule has 5 heteroatoms. The van der Waals surface area contributed by atoms with Gasteiger partial charge in [0.1, 0.15) is 12.0 Å². The van der Waals surface area contributed by atoms with Crippen LogP contribution >= 0.6 is 23.4 Å². The Hall–Kier alpha value is -1.39. The van der Waals surface area contributed by atoms with Gasteiger partial charge in [-0.25, -0.2) is 4.79 Å². The average molecular weight is 269 g/mol. The van der Waals surface area contributed by atoms with Gasteiger partial charge in [-0.15, -0.1) is 11.8 Å². The summed E-state index contributed by atoms with van der Waals surface area (Å²) in [6, 6.07) is 8.98. The highest BCUT2D eigenvalue weighted by molar-refractivity contribution is 7.98. The lowest BCUT2D eigenvalue weighted by molar-refractivity contribution is 0.0696. The summed E-state index contributed by atoms with van der Waals surface area (Å²) in [5.41, 5.74) is 0.178. The molecule has 0 fully saturated rings. The van der Waals surface area contributed by atoms with Crippen LogP contribution in [0.4, 0.5) is 0 Å². The van der Waals surface area contributed by atoms with E-state index in [9.17, 15) is 4.79 Å². The van der Waals surface area contributed by atoms with Crippen LogP contribution in [0.15, 0.2) is 45.9 Å². The highest BCUT2D eigenvalue weighted by atomic mass is 35.5. The molecule has 88 valence electrons. The Morgan fingerprint density at radius 3 is 2.65 bits per heavy atom. The number of hydrogen-bond acceptors (Lipinski definition) is 3. The number of carboxylic acids is 1. The number of hydrogen-bond donors (Lipinski definition) is 1. The molecule has 2 aromatic rings. The minimum absolute atomic E-state index is 0.178. The quantitative estimate of drug-likeness (QED) is 0.854. The summed E-state index contributed by atoms with van der Waals surface area (Å²) in [7, 11) is 0. The van der Waals surface area contributed by atoms with Gasteiger partial charge < -0.3 is 9.52 Å². The Bertz CT molecular complexity index is 519. The van der Waals surface area contributed by atoms with Gasteiger partial charge in [0.15, 0.2) is 0 Å². The molecule has 0 atom stereocenters. The van der Waals surface area contributed by atoms with E-state index in [4.69, 9.17) is 21.1 Å². The fourth-order valence-electron chi connectivity index (χ4n) is 1.25. The van der Waals surface area contributed by atoms with Crippen LogP contribution < -0.4 is 0 Å². The molecular weight excluding hydrogens is 260 g/mol. The maximum absolute atomic E-state index is 10.6. The lowest BCUT2D eigenvalue weighted by atomic mass is 10.3. The van der Waals surface area contributed by atoms with Crippen LogP contribution in [0.1, 0.15) is 16.1 Å². The van der Waals surface area contributed by atoms with E-state index in [0.29, 0.717) is 16.5 Å². The van der Waals surface area contributed by atoms with Crippen molar-refractivity contribution in [3.05, 3.63) is 52.9 Å². The summed E-state index contributed by atoms with van der Waals surface area (Å²) in [5, 5.41) is 9.43. The number of furan rings is 1. The predicted molar refractivity (Wildman–Crippen MR) is 66.7 cm³/mol. The monoisotopic (exact) mass is 268 g/mol. The second-order valence-electron chi connectivity index (χ2n) is 3.35. The molecule has 0 spiro atoms. The molecule has 3 nitrogen and oxygen atoms in total. The maximum Gasteiger partial charge on any atom is 0.338 e. The number of benzene rings is 1. The molecule has 0 saturated carbocycles. The van der Waals surface area contributed by atoms with E-state index in [1.807, 2.05) is 24.3 Å². The molecule has 0 aliphatic rings. The predicted octanol–water partition coefficient (Wildman–Crippen LogP) is 3.92. The van der Waals surface area contributed by atoms with Gasteiger partial charge in [0, 0.05) is 9.92 Å². The molecule has 0 unspecified atom stereocenters. The zero-order chi connectivity index (χ0) is 12.3. The second-order valence-corrected chi connectivity index (χ2v) is 4.83. The van der Waals surface area contributed by atoms with Crippen LogP contribution in [0.5, 0.6) is 0 Å². The summed E-state index contributed by atoms with van der Waals surface area (Å²) < 4.78 is 5.14. The van der Waals surface area contributed by atoms with Crippen molar-refractivity contribution in [3.8, 4) is 0 Å². The second kappa shape index (κ2) is 5.29. The van der Waals surface area contributed by atoms with Crippen LogP contribution in [0, 0.1) is 0 Å². The van der Waals surface area contributed by atoms with Gasteiger partial charge in [-0.05, 0) is 30.3 Å². The van der Waals surface area contributed by atoms with Gasteiger partial charge in [-0.2, -0.15) is 0 Å². The molecule has 0 radical (unpaired) electrons. The first-order valence-electron chi connectivity index (χ1n) is 4.84. The van der Waals surface area contributed by atoms with E-state index >= 15 is 0 Å². The van der Waals surface area contributed by atoms with Crippen molar-refractivity contribution in [1.29, 1.82) is 0 Å². The summed E-state index contributed by atoms with van der Waals surface area (Å²) in [6.07, 6.45) is 1.25. The Morgan fingerprint density at radius 2 is 2.06 bits per heavy atom. The van der Waals surface area contributed by atoms with Crippen molar-refractivity contribution < 1.29 is 14.3 Å². The largest absolute Gasteiger partial charge is 0.478 e. The average Bonchev–Trinajstić information content (AvgIpc) is 2.77. The third kappa shape index (κ3) is 3.28. The van der Waals surface area contributed by atoms with Crippen molar-refractivity contribution in [2.24, 2.45) is 0 Å². The van der Waals surface area contributed by atoms with Crippen molar-refractivity contribution in [2.45, 2.75) is 10.6 Å². The van der Waals surface area contributed by atoms with Crippen molar-refractivity contribution in [1.82, 2.24) is 0 Å². The fraction of sp³-hybridized carbons (Fsp3) is 0.0833. The van der Waals surface area contributed by atoms with E-state index in [0.717, 1.165) is 4.90 Å². The van der Waals surface area contributed by atoms with Gasteiger partial charge in [0.25, 0.3) is 0 Å². The zero-order valence-electron chi connectivity index (χ0n) is 8.72. The Labute approximate surface area is 107 Å². The van der Waals surface area contributed by atoms with Gasteiger partial charge >= 0.3 is 5.97 Å². The molecule has 1 aromatic heterocycles. The molecular formula is C12H9ClO3S. The normalized spacial score (nSPS) is 10.4. The minimum Gasteiger partial charge on any atom is -0.478 e. The van der Waals surface area contributed by atoms with Crippen molar-refractivity contribution in [3.63, 3.8) is 0 Å². The van der Waals surface area contributed by atoms with Crippen LogP contribution in [0.2, 0.25) is 5.02 Å². The molecule has 1 N–H and O–H groups in total. The number of rotatable bonds is 4. The Kier molecular flexibility index (Phi) is 3.76. The van der Waals surface area contributed by atoms with E-state index < -0.39 is 5.97 Å². The number of halogens is 1.